The van der Waals surface area contributed by atoms with Crippen LogP contribution in [-0.4, -0.2) is 29.3 Å². The number of carbonyl (C=O) groups is 1. The molecule has 0 bridgehead atoms. The van der Waals surface area contributed by atoms with Crippen LogP contribution in [0.3, 0.4) is 0 Å². The van der Waals surface area contributed by atoms with E-state index in [4.69, 9.17) is 9.84 Å². The molecule has 0 fully saturated rings. The second kappa shape index (κ2) is 6.40. The lowest BCUT2D eigenvalue weighted by Gasteiger charge is -2.00. The molecule has 1 aromatic heterocycles. The van der Waals surface area contributed by atoms with Gasteiger partial charge in [-0.3, -0.25) is 0 Å². The highest BCUT2D eigenvalue weighted by atomic mass is 32.1. The van der Waals surface area contributed by atoms with E-state index in [-0.39, 0.29) is 0 Å². The first-order chi connectivity index (χ1) is 7.61. The van der Waals surface area contributed by atoms with E-state index in [1.807, 2.05) is 12.4 Å². The fourth-order valence-corrected chi connectivity index (χ4v) is 1.85. The molecular weight excluding hydrogens is 226 g/mol. The highest BCUT2D eigenvalue weighted by molar-refractivity contribution is 7.09. The summed E-state index contributed by atoms with van der Waals surface area (Å²) >= 11 is 1.62. The Bertz CT molecular complexity index is 384. The van der Waals surface area contributed by atoms with Crippen LogP contribution in [-0.2, 0) is 16.0 Å². The number of thiazole rings is 1. The van der Waals surface area contributed by atoms with Crippen molar-refractivity contribution in [1.82, 2.24) is 4.98 Å². The first-order valence-electron chi connectivity index (χ1n) is 4.98. The van der Waals surface area contributed by atoms with Crippen LogP contribution in [0.1, 0.15) is 17.5 Å². The fraction of sp³-hybridized carbons (Fsp3) is 0.455. The predicted molar refractivity (Wildman–Crippen MR) is 62.8 cm³/mol. The van der Waals surface area contributed by atoms with Crippen LogP contribution in [0, 0.1) is 6.92 Å². The topological polar surface area (TPSA) is 59.4 Å². The second-order valence-electron chi connectivity index (χ2n) is 3.38. The summed E-state index contributed by atoms with van der Waals surface area (Å²) in [6.45, 7) is 4.46. The van der Waals surface area contributed by atoms with E-state index in [1.165, 1.54) is 4.88 Å². The maximum absolute atomic E-state index is 10.5. The van der Waals surface area contributed by atoms with Gasteiger partial charge in [-0.1, -0.05) is 0 Å². The molecule has 1 N–H and O–H groups in total. The lowest BCUT2D eigenvalue weighted by Crippen LogP contribution is -2.01. The van der Waals surface area contributed by atoms with Crippen molar-refractivity contribution in [1.29, 1.82) is 0 Å². The summed E-state index contributed by atoms with van der Waals surface area (Å²) in [5, 5.41) is 8.59. The van der Waals surface area contributed by atoms with E-state index in [0.717, 1.165) is 12.1 Å². The van der Waals surface area contributed by atoms with Crippen molar-refractivity contribution in [2.24, 2.45) is 0 Å². The maximum atomic E-state index is 10.5. The molecular formula is C11H15NO3S. The molecule has 16 heavy (non-hydrogen) atoms. The molecule has 1 aromatic rings. The number of nitrogens with zero attached hydrogens (tertiary/aromatic N) is 1. The predicted octanol–water partition coefficient (Wildman–Crippen LogP) is 2.04. The van der Waals surface area contributed by atoms with Gasteiger partial charge in [0.25, 0.3) is 0 Å². The Hall–Kier alpha value is -1.20. The third-order valence-electron chi connectivity index (χ3n) is 2.16. The quantitative estimate of drug-likeness (QED) is 0.611. The Morgan fingerprint density at radius 1 is 1.69 bits per heavy atom. The van der Waals surface area contributed by atoms with Gasteiger partial charge in [-0.2, -0.15) is 0 Å². The largest absolute Gasteiger partial charge is 0.478 e. The normalized spacial score (nSPS) is 11.8. The lowest BCUT2D eigenvalue weighted by atomic mass is 10.3. The summed E-state index contributed by atoms with van der Waals surface area (Å²) < 4.78 is 5.32. The Morgan fingerprint density at radius 3 is 3.00 bits per heavy atom. The van der Waals surface area contributed by atoms with Gasteiger partial charge >= 0.3 is 5.97 Å². The summed E-state index contributed by atoms with van der Waals surface area (Å²) in [4.78, 5) is 15.8. The number of aryl methyl sites for hydroxylation is 1. The summed E-state index contributed by atoms with van der Waals surface area (Å²) in [6, 6.07) is 0. The van der Waals surface area contributed by atoms with Crippen molar-refractivity contribution in [3.8, 4) is 0 Å². The number of ether oxygens (including phenoxy) is 1. The molecule has 0 spiro atoms. The lowest BCUT2D eigenvalue weighted by molar-refractivity contribution is -0.132. The Morgan fingerprint density at radius 2 is 2.44 bits per heavy atom. The molecule has 88 valence electrons. The number of aliphatic carboxylic acids is 1. The molecule has 0 atom stereocenters. The number of hydrogen-bond donors (Lipinski definition) is 1. The van der Waals surface area contributed by atoms with Crippen molar-refractivity contribution in [2.75, 3.05) is 13.2 Å². The molecule has 0 aliphatic heterocycles. The highest BCUT2D eigenvalue weighted by Crippen LogP contribution is 2.12. The van der Waals surface area contributed by atoms with Crippen molar-refractivity contribution in [2.45, 2.75) is 20.3 Å². The molecule has 0 aliphatic carbocycles. The van der Waals surface area contributed by atoms with Gasteiger partial charge in [0.05, 0.1) is 24.4 Å². The Kier molecular flexibility index (Phi) is 5.14. The van der Waals surface area contributed by atoms with E-state index < -0.39 is 5.97 Å². The van der Waals surface area contributed by atoms with Crippen LogP contribution in [0.2, 0.25) is 0 Å². The summed E-state index contributed by atoms with van der Waals surface area (Å²) in [5.41, 5.74) is 3.18. The van der Waals surface area contributed by atoms with Crippen LogP contribution in [0.5, 0.6) is 0 Å². The first-order valence-corrected chi connectivity index (χ1v) is 5.86. The minimum atomic E-state index is -0.901. The molecule has 4 nitrogen and oxygen atoms in total. The van der Waals surface area contributed by atoms with Gasteiger partial charge in [0.15, 0.2) is 0 Å². The van der Waals surface area contributed by atoms with Crippen molar-refractivity contribution in [3.63, 3.8) is 0 Å². The molecule has 5 heteroatoms. The minimum Gasteiger partial charge on any atom is -0.478 e. The number of aromatic nitrogens is 1. The molecule has 0 unspecified atom stereocenters. The third kappa shape index (κ3) is 4.12. The van der Waals surface area contributed by atoms with Crippen LogP contribution in [0.15, 0.2) is 17.2 Å². The molecule has 0 aromatic carbocycles. The van der Waals surface area contributed by atoms with E-state index in [9.17, 15) is 4.79 Å². The zero-order valence-electron chi connectivity index (χ0n) is 9.40. The molecule has 0 aliphatic rings. The number of carboxylic acid groups (broad SMARTS) is 1. The van der Waals surface area contributed by atoms with Crippen LogP contribution >= 0.6 is 11.3 Å². The zero-order chi connectivity index (χ0) is 12.0. The smallest absolute Gasteiger partial charge is 0.331 e. The van der Waals surface area contributed by atoms with Gasteiger partial charge in [0.2, 0.25) is 0 Å². The van der Waals surface area contributed by atoms with E-state index >= 15 is 0 Å². The summed E-state index contributed by atoms with van der Waals surface area (Å²) in [5.74, 6) is -0.901. The third-order valence-corrected chi connectivity index (χ3v) is 3.16. The van der Waals surface area contributed by atoms with Gasteiger partial charge in [0, 0.05) is 16.9 Å². The fourth-order valence-electron chi connectivity index (χ4n) is 1.09. The molecule has 0 saturated heterocycles. The maximum Gasteiger partial charge on any atom is 0.331 e. The average molecular weight is 241 g/mol. The Balaban J connectivity index is 2.20. The SMILES string of the molecule is CC(=CCOCCc1scnc1C)C(=O)O. The van der Waals surface area contributed by atoms with Gasteiger partial charge < -0.3 is 9.84 Å². The number of rotatable bonds is 6. The number of carboxylic acids is 1. The zero-order valence-corrected chi connectivity index (χ0v) is 10.2. The van der Waals surface area contributed by atoms with Crippen molar-refractivity contribution in [3.05, 3.63) is 27.7 Å². The van der Waals surface area contributed by atoms with E-state index in [1.54, 1.807) is 24.3 Å². The molecule has 0 radical (unpaired) electrons. The second-order valence-corrected chi connectivity index (χ2v) is 4.32. The Labute approximate surface area is 98.6 Å². The van der Waals surface area contributed by atoms with E-state index in [2.05, 4.69) is 4.98 Å². The molecule has 1 heterocycles. The standard InChI is InChI=1S/C11H15NO3S/c1-8(11(13)14)3-5-15-6-4-10-9(2)12-7-16-10/h3,7H,4-6H2,1-2H3,(H,13,14). The molecule has 0 saturated carbocycles. The van der Waals surface area contributed by atoms with Gasteiger partial charge in [-0.15, -0.1) is 11.3 Å². The van der Waals surface area contributed by atoms with E-state index in [0.29, 0.717) is 18.8 Å². The number of hydrogen-bond acceptors (Lipinski definition) is 4. The minimum absolute atomic E-state index is 0.314. The van der Waals surface area contributed by atoms with Gasteiger partial charge in [-0.05, 0) is 19.9 Å². The van der Waals surface area contributed by atoms with Crippen molar-refractivity contribution >= 4 is 17.3 Å². The van der Waals surface area contributed by atoms with Crippen LogP contribution in [0.4, 0.5) is 0 Å². The highest BCUT2D eigenvalue weighted by Gasteiger charge is 2.01. The molecule has 1 rings (SSSR count). The van der Waals surface area contributed by atoms with Crippen molar-refractivity contribution < 1.29 is 14.6 Å². The van der Waals surface area contributed by atoms with Gasteiger partial charge in [-0.25, -0.2) is 9.78 Å². The average Bonchev–Trinajstić information content (AvgIpc) is 2.63. The summed E-state index contributed by atoms with van der Waals surface area (Å²) in [7, 11) is 0. The molecule has 0 amide bonds. The summed E-state index contributed by atoms with van der Waals surface area (Å²) in [6.07, 6.45) is 2.40. The van der Waals surface area contributed by atoms with Gasteiger partial charge in [0.1, 0.15) is 0 Å². The first kappa shape index (κ1) is 12.9. The monoisotopic (exact) mass is 241 g/mol. The van der Waals surface area contributed by atoms with Crippen LogP contribution in [0.25, 0.3) is 0 Å². The van der Waals surface area contributed by atoms with Crippen LogP contribution < -0.4 is 0 Å².